The first-order chi connectivity index (χ1) is 14.6. The molecule has 2 rings (SSSR count). The van der Waals surface area contributed by atoms with Crippen LogP contribution in [0.5, 0.6) is 5.75 Å². The van der Waals surface area contributed by atoms with E-state index in [1.54, 1.807) is 41.4 Å². The van der Waals surface area contributed by atoms with Crippen molar-refractivity contribution in [2.24, 2.45) is 15.4 Å². The zero-order chi connectivity index (χ0) is 23.0. The Balaban J connectivity index is 1.97. The van der Waals surface area contributed by atoms with Crippen LogP contribution >= 0.6 is 11.6 Å². The van der Waals surface area contributed by atoms with E-state index in [0.717, 1.165) is 25.1 Å². The summed E-state index contributed by atoms with van der Waals surface area (Å²) in [4.78, 5) is 26.9. The lowest BCUT2D eigenvalue weighted by atomic mass is 9.88. The Hall–Kier alpha value is -2.54. The molecular weight excluding hydrogens is 414 g/mol. The van der Waals surface area contributed by atoms with Crippen molar-refractivity contribution in [1.82, 2.24) is 9.80 Å². The Kier molecular flexibility index (Phi) is 8.92. The maximum absolute atomic E-state index is 13.2. The minimum atomic E-state index is -0.0360. The van der Waals surface area contributed by atoms with E-state index >= 15 is 0 Å². The van der Waals surface area contributed by atoms with Crippen molar-refractivity contribution >= 4 is 35.7 Å². The molecule has 0 aromatic heterocycles. The fourth-order valence-corrected chi connectivity index (χ4v) is 3.58. The number of fused-ring (bicyclic) bond motifs is 1. The third-order valence-electron chi connectivity index (χ3n) is 5.22. The first-order valence-electron chi connectivity index (χ1n) is 10.4. The molecule has 0 N–H and O–H groups in total. The summed E-state index contributed by atoms with van der Waals surface area (Å²) in [5.41, 5.74) is 0.732. The minimum Gasteiger partial charge on any atom is -0.491 e. The van der Waals surface area contributed by atoms with Crippen molar-refractivity contribution in [3.8, 4) is 5.75 Å². The molecule has 0 saturated carbocycles. The normalized spacial score (nSPS) is 14.3. The van der Waals surface area contributed by atoms with Crippen molar-refractivity contribution in [2.75, 3.05) is 52.3 Å². The van der Waals surface area contributed by atoms with Gasteiger partial charge in [-0.15, -0.1) is 0 Å². The summed E-state index contributed by atoms with van der Waals surface area (Å²) in [6.45, 7) is 11.0. The van der Waals surface area contributed by atoms with Gasteiger partial charge in [0.15, 0.2) is 0 Å². The van der Waals surface area contributed by atoms with Gasteiger partial charge in [-0.3, -0.25) is 9.89 Å². The number of carbonyl (C=O) groups is 1. The zero-order valence-electron chi connectivity index (χ0n) is 19.3. The molecule has 0 radical (unpaired) electrons. The lowest BCUT2D eigenvalue weighted by Crippen LogP contribution is -2.43. The van der Waals surface area contributed by atoms with Crippen LogP contribution in [0.15, 0.2) is 40.6 Å². The standard InChI is InChI=1S/C23H34ClN5O2/c1-18(26-12-11-25-4)28(6)17-23(2,3)10-14-27(5)22(30)29-13-7-15-31-21-16-19(24)8-9-20(21)29/h8-9,11-12,16H,1,7,10,13-15,17H2,2-6H3/b25-11-,26-12-. The van der Waals surface area contributed by atoms with Gasteiger partial charge in [0.05, 0.1) is 12.3 Å². The van der Waals surface area contributed by atoms with Crippen LogP contribution in [0.2, 0.25) is 5.02 Å². The molecule has 7 nitrogen and oxygen atoms in total. The van der Waals surface area contributed by atoms with Crippen molar-refractivity contribution in [1.29, 1.82) is 0 Å². The summed E-state index contributed by atoms with van der Waals surface area (Å²) in [5.74, 6) is 1.33. The van der Waals surface area contributed by atoms with Gasteiger partial charge in [-0.1, -0.05) is 32.0 Å². The van der Waals surface area contributed by atoms with Gasteiger partial charge >= 0.3 is 6.03 Å². The number of halogens is 1. The van der Waals surface area contributed by atoms with E-state index in [0.29, 0.717) is 36.3 Å². The van der Waals surface area contributed by atoms with Gasteiger partial charge in [0.25, 0.3) is 0 Å². The fraction of sp³-hybridized carbons (Fsp3) is 0.522. The molecule has 8 heteroatoms. The van der Waals surface area contributed by atoms with Crippen LogP contribution in [0.25, 0.3) is 0 Å². The second kappa shape index (κ2) is 11.2. The van der Waals surface area contributed by atoms with Crippen molar-refractivity contribution in [2.45, 2.75) is 26.7 Å². The van der Waals surface area contributed by atoms with E-state index in [9.17, 15) is 4.79 Å². The SMILES string of the molecule is C=C(/N=C\C=N/C)N(C)CC(C)(C)CCN(C)C(=O)N1CCCOc2cc(Cl)ccc21. The van der Waals surface area contributed by atoms with Gasteiger partial charge in [0, 0.05) is 64.3 Å². The van der Waals surface area contributed by atoms with E-state index < -0.39 is 0 Å². The van der Waals surface area contributed by atoms with E-state index in [-0.39, 0.29) is 11.4 Å². The third kappa shape index (κ3) is 7.28. The number of urea groups is 1. The fourth-order valence-electron chi connectivity index (χ4n) is 3.42. The Morgan fingerprint density at radius 1 is 1.32 bits per heavy atom. The summed E-state index contributed by atoms with van der Waals surface area (Å²) >= 11 is 6.10. The third-order valence-corrected chi connectivity index (χ3v) is 5.46. The molecule has 31 heavy (non-hydrogen) atoms. The quantitative estimate of drug-likeness (QED) is 0.548. The zero-order valence-corrected chi connectivity index (χ0v) is 20.0. The van der Waals surface area contributed by atoms with Gasteiger partial charge in [0.2, 0.25) is 0 Å². The summed E-state index contributed by atoms with van der Waals surface area (Å²) in [6.07, 6.45) is 4.87. The number of aliphatic imine (C=N–C) groups is 2. The molecule has 0 saturated heterocycles. The highest BCUT2D eigenvalue weighted by atomic mass is 35.5. The van der Waals surface area contributed by atoms with E-state index in [2.05, 4.69) is 30.4 Å². The molecule has 2 amide bonds. The van der Waals surface area contributed by atoms with Gasteiger partial charge in [-0.05, 0) is 30.4 Å². The molecule has 0 atom stereocenters. The number of ether oxygens (including phenoxy) is 1. The van der Waals surface area contributed by atoms with E-state index in [1.165, 1.54) is 0 Å². The monoisotopic (exact) mass is 447 g/mol. The highest BCUT2D eigenvalue weighted by Crippen LogP contribution is 2.34. The maximum Gasteiger partial charge on any atom is 0.324 e. The number of nitrogens with zero attached hydrogens (tertiary/aromatic N) is 5. The van der Waals surface area contributed by atoms with Crippen LogP contribution in [-0.4, -0.2) is 75.6 Å². The molecule has 1 heterocycles. The molecule has 1 aliphatic heterocycles. The molecule has 0 fully saturated rings. The van der Waals surface area contributed by atoms with Gasteiger partial charge in [-0.25, -0.2) is 9.79 Å². The lowest BCUT2D eigenvalue weighted by Gasteiger charge is -2.34. The van der Waals surface area contributed by atoms with E-state index in [1.807, 2.05) is 25.1 Å². The number of amides is 2. The molecule has 1 aromatic carbocycles. The molecule has 0 spiro atoms. The molecule has 170 valence electrons. The number of benzene rings is 1. The first-order valence-corrected chi connectivity index (χ1v) is 10.8. The number of anilines is 1. The Labute approximate surface area is 191 Å². The molecule has 0 bridgehead atoms. The predicted molar refractivity (Wildman–Crippen MR) is 130 cm³/mol. The first kappa shape index (κ1) is 24.7. The number of carbonyl (C=O) groups excluding carboxylic acids is 1. The molecule has 0 aliphatic carbocycles. The average Bonchev–Trinajstić information content (AvgIpc) is 2.93. The predicted octanol–water partition coefficient (Wildman–Crippen LogP) is 4.57. The van der Waals surface area contributed by atoms with E-state index in [4.69, 9.17) is 16.3 Å². The highest BCUT2D eigenvalue weighted by molar-refractivity contribution is 6.30. The Morgan fingerprint density at radius 2 is 2.06 bits per heavy atom. The van der Waals surface area contributed by atoms with Crippen LogP contribution in [0.1, 0.15) is 26.7 Å². The van der Waals surface area contributed by atoms with Crippen molar-refractivity contribution in [3.63, 3.8) is 0 Å². The van der Waals surface area contributed by atoms with Crippen LogP contribution in [0.4, 0.5) is 10.5 Å². The molecule has 0 unspecified atom stereocenters. The van der Waals surface area contributed by atoms with Gasteiger partial charge in [0.1, 0.15) is 11.6 Å². The van der Waals surface area contributed by atoms with Crippen LogP contribution in [-0.2, 0) is 0 Å². The van der Waals surface area contributed by atoms with Crippen molar-refractivity contribution < 1.29 is 9.53 Å². The number of hydrogen-bond donors (Lipinski definition) is 0. The average molecular weight is 448 g/mol. The summed E-state index contributed by atoms with van der Waals surface area (Å²) in [7, 11) is 5.52. The van der Waals surface area contributed by atoms with Gasteiger partial charge < -0.3 is 14.5 Å². The smallest absolute Gasteiger partial charge is 0.324 e. The Morgan fingerprint density at radius 3 is 2.77 bits per heavy atom. The lowest BCUT2D eigenvalue weighted by molar-refractivity contribution is 0.188. The van der Waals surface area contributed by atoms with Crippen LogP contribution in [0.3, 0.4) is 0 Å². The molecular formula is C23H34ClN5O2. The minimum absolute atomic E-state index is 0.0338. The summed E-state index contributed by atoms with van der Waals surface area (Å²) < 4.78 is 5.77. The number of rotatable bonds is 8. The summed E-state index contributed by atoms with van der Waals surface area (Å²) in [5, 5.41) is 0.597. The largest absolute Gasteiger partial charge is 0.491 e. The maximum atomic E-state index is 13.2. The topological polar surface area (TPSA) is 60.7 Å². The van der Waals surface area contributed by atoms with Crippen molar-refractivity contribution in [3.05, 3.63) is 35.6 Å². The van der Waals surface area contributed by atoms with Crippen LogP contribution < -0.4 is 9.64 Å². The molecule has 1 aromatic rings. The Bertz CT molecular complexity index is 837. The number of hydrogen-bond acceptors (Lipinski definition) is 5. The second-order valence-corrected chi connectivity index (χ2v) is 8.98. The van der Waals surface area contributed by atoms with Crippen LogP contribution in [0, 0.1) is 5.41 Å². The highest BCUT2D eigenvalue weighted by Gasteiger charge is 2.27. The summed E-state index contributed by atoms with van der Waals surface area (Å²) in [6, 6.07) is 5.37. The molecule has 1 aliphatic rings. The van der Waals surface area contributed by atoms with Gasteiger partial charge in [-0.2, -0.15) is 0 Å². The second-order valence-electron chi connectivity index (χ2n) is 8.54.